The Bertz CT molecular complexity index is 599. The van der Waals surface area contributed by atoms with Gasteiger partial charge < -0.3 is 10.1 Å². The first-order valence-corrected chi connectivity index (χ1v) is 6.90. The Morgan fingerprint density at radius 1 is 1.24 bits per heavy atom. The first-order chi connectivity index (χ1) is 9.77. The van der Waals surface area contributed by atoms with Crippen LogP contribution in [0.4, 0.5) is 5.69 Å². The molecule has 1 aliphatic heterocycles. The number of hydrogen-bond donors (Lipinski definition) is 1. The molecule has 0 atom stereocenters. The van der Waals surface area contributed by atoms with Crippen molar-refractivity contribution in [3.63, 3.8) is 0 Å². The molecule has 5 heteroatoms. The van der Waals surface area contributed by atoms with Crippen molar-refractivity contribution in [2.45, 2.75) is 33.6 Å². The number of nitrogens with one attached hydrogen (secondary N) is 1. The Balaban J connectivity index is 2.04. The number of ether oxygens (including phenoxy) is 1. The Morgan fingerprint density at radius 2 is 1.95 bits per heavy atom. The van der Waals surface area contributed by atoms with Crippen LogP contribution in [0.25, 0.3) is 0 Å². The lowest BCUT2D eigenvalue weighted by Gasteiger charge is -2.18. The summed E-state index contributed by atoms with van der Waals surface area (Å²) in [5.74, 6) is -0.665. The third-order valence-electron chi connectivity index (χ3n) is 3.41. The van der Waals surface area contributed by atoms with E-state index < -0.39 is 11.4 Å². The van der Waals surface area contributed by atoms with Crippen LogP contribution in [0, 0.1) is 5.41 Å². The van der Waals surface area contributed by atoms with Crippen LogP contribution in [0.3, 0.4) is 0 Å². The molecule has 0 aliphatic carbocycles. The van der Waals surface area contributed by atoms with Crippen molar-refractivity contribution in [3.05, 3.63) is 29.3 Å². The van der Waals surface area contributed by atoms with Gasteiger partial charge in [-0.05, 0) is 30.2 Å². The summed E-state index contributed by atoms with van der Waals surface area (Å²) in [6.07, 6.45) is 1.01. The number of carbonyl (C=O) groups is 3. The second-order valence-electron chi connectivity index (χ2n) is 6.17. The van der Waals surface area contributed by atoms with Gasteiger partial charge in [0.2, 0.25) is 5.91 Å². The van der Waals surface area contributed by atoms with Gasteiger partial charge in [0.05, 0.1) is 5.56 Å². The SMILES string of the molecule is CC(C)(C)C(=O)COC(=O)c1ccc2c(c1)CCC(=O)N2. The highest BCUT2D eigenvalue weighted by Gasteiger charge is 2.23. The maximum atomic E-state index is 12.0. The standard InChI is InChI=1S/C16H19NO4/c1-16(2,3)13(18)9-21-15(20)11-4-6-12-10(8-11)5-7-14(19)17-12/h4,6,8H,5,7,9H2,1-3H3,(H,17,19). The summed E-state index contributed by atoms with van der Waals surface area (Å²) in [4.78, 5) is 35.0. The predicted octanol–water partition coefficient (Wildman–Crippen LogP) is 2.34. The largest absolute Gasteiger partial charge is 0.454 e. The van der Waals surface area contributed by atoms with Gasteiger partial charge in [0.1, 0.15) is 0 Å². The van der Waals surface area contributed by atoms with E-state index in [9.17, 15) is 14.4 Å². The second kappa shape index (κ2) is 5.68. The second-order valence-corrected chi connectivity index (χ2v) is 6.17. The number of benzene rings is 1. The fourth-order valence-electron chi connectivity index (χ4n) is 1.94. The van der Waals surface area contributed by atoms with Crippen LogP contribution in [-0.2, 0) is 20.7 Å². The monoisotopic (exact) mass is 289 g/mol. The van der Waals surface area contributed by atoms with Gasteiger partial charge in [-0.2, -0.15) is 0 Å². The molecule has 112 valence electrons. The minimum atomic E-state index is -0.527. The molecule has 2 rings (SSSR count). The van der Waals surface area contributed by atoms with Crippen molar-refractivity contribution in [1.82, 2.24) is 0 Å². The number of rotatable bonds is 3. The van der Waals surface area contributed by atoms with Crippen molar-refractivity contribution < 1.29 is 19.1 Å². The molecule has 1 aromatic carbocycles. The van der Waals surface area contributed by atoms with Crippen LogP contribution in [0.1, 0.15) is 43.1 Å². The van der Waals surface area contributed by atoms with Crippen LogP contribution in [-0.4, -0.2) is 24.3 Å². The van der Waals surface area contributed by atoms with Crippen molar-refractivity contribution in [1.29, 1.82) is 0 Å². The van der Waals surface area contributed by atoms with Crippen molar-refractivity contribution >= 4 is 23.3 Å². The molecule has 0 fully saturated rings. The maximum absolute atomic E-state index is 12.0. The van der Waals surface area contributed by atoms with E-state index in [1.807, 2.05) is 0 Å². The number of fused-ring (bicyclic) bond motifs is 1. The van der Waals surface area contributed by atoms with Crippen LogP contribution < -0.4 is 5.32 Å². The third kappa shape index (κ3) is 3.68. The fraction of sp³-hybridized carbons (Fsp3) is 0.438. The van der Waals surface area contributed by atoms with Gasteiger partial charge in [-0.25, -0.2) is 4.79 Å². The van der Waals surface area contributed by atoms with Gasteiger partial charge in [-0.1, -0.05) is 20.8 Å². The van der Waals surface area contributed by atoms with Gasteiger partial charge in [0.25, 0.3) is 0 Å². The van der Waals surface area contributed by atoms with E-state index in [2.05, 4.69) is 5.32 Å². The van der Waals surface area contributed by atoms with E-state index in [0.717, 1.165) is 11.3 Å². The molecule has 0 saturated carbocycles. The zero-order valence-electron chi connectivity index (χ0n) is 12.5. The average molecular weight is 289 g/mol. The zero-order valence-corrected chi connectivity index (χ0v) is 12.5. The van der Waals surface area contributed by atoms with Crippen molar-refractivity contribution in [3.8, 4) is 0 Å². The summed E-state index contributed by atoms with van der Waals surface area (Å²) < 4.78 is 5.05. The number of anilines is 1. The molecule has 0 spiro atoms. The molecular formula is C16H19NO4. The number of amides is 1. The third-order valence-corrected chi connectivity index (χ3v) is 3.41. The Kier molecular flexibility index (Phi) is 4.11. The highest BCUT2D eigenvalue weighted by atomic mass is 16.5. The summed E-state index contributed by atoms with van der Waals surface area (Å²) in [5.41, 5.74) is 1.51. The lowest BCUT2D eigenvalue weighted by atomic mass is 9.91. The highest BCUT2D eigenvalue weighted by Crippen LogP contribution is 2.24. The number of hydrogen-bond acceptors (Lipinski definition) is 4. The van der Waals surface area contributed by atoms with Crippen LogP contribution in [0.5, 0.6) is 0 Å². The smallest absolute Gasteiger partial charge is 0.338 e. The molecule has 1 N–H and O–H groups in total. The number of ketones is 1. The minimum absolute atomic E-state index is 0.0198. The lowest BCUT2D eigenvalue weighted by Crippen LogP contribution is -2.26. The molecule has 1 aromatic rings. The molecular weight excluding hydrogens is 270 g/mol. The minimum Gasteiger partial charge on any atom is -0.454 e. The van der Waals surface area contributed by atoms with E-state index in [0.29, 0.717) is 18.4 Å². The summed E-state index contributed by atoms with van der Waals surface area (Å²) in [5, 5.41) is 2.75. The molecule has 0 unspecified atom stereocenters. The quantitative estimate of drug-likeness (QED) is 0.867. The lowest BCUT2D eigenvalue weighted by molar-refractivity contribution is -0.129. The van der Waals surface area contributed by atoms with E-state index in [-0.39, 0.29) is 18.3 Å². The molecule has 5 nitrogen and oxygen atoms in total. The number of aryl methyl sites for hydroxylation is 1. The molecule has 0 saturated heterocycles. The van der Waals surface area contributed by atoms with Gasteiger partial charge in [-0.3, -0.25) is 9.59 Å². The maximum Gasteiger partial charge on any atom is 0.338 e. The zero-order chi connectivity index (χ0) is 15.6. The Labute approximate surface area is 123 Å². The first kappa shape index (κ1) is 15.2. The summed E-state index contributed by atoms with van der Waals surface area (Å²) in [6.45, 7) is 5.12. The van der Waals surface area contributed by atoms with Crippen molar-refractivity contribution in [2.24, 2.45) is 5.41 Å². The number of esters is 1. The van der Waals surface area contributed by atoms with Gasteiger partial charge in [0, 0.05) is 17.5 Å². The number of Topliss-reactive ketones (excluding diaryl/α,β-unsaturated/α-hetero) is 1. The van der Waals surface area contributed by atoms with Crippen LogP contribution in [0.15, 0.2) is 18.2 Å². The molecule has 0 aromatic heterocycles. The van der Waals surface area contributed by atoms with E-state index >= 15 is 0 Å². The molecule has 1 aliphatic rings. The van der Waals surface area contributed by atoms with Crippen molar-refractivity contribution in [2.75, 3.05) is 11.9 Å². The Morgan fingerprint density at radius 3 is 2.62 bits per heavy atom. The van der Waals surface area contributed by atoms with Gasteiger partial charge >= 0.3 is 5.97 Å². The van der Waals surface area contributed by atoms with Crippen LogP contribution >= 0.6 is 0 Å². The highest BCUT2D eigenvalue weighted by molar-refractivity contribution is 5.96. The fourth-order valence-corrected chi connectivity index (χ4v) is 1.94. The molecule has 1 amide bonds. The summed E-state index contributed by atoms with van der Waals surface area (Å²) >= 11 is 0. The van der Waals surface area contributed by atoms with Crippen LogP contribution in [0.2, 0.25) is 0 Å². The molecule has 0 bridgehead atoms. The topological polar surface area (TPSA) is 72.5 Å². The van der Waals surface area contributed by atoms with E-state index in [4.69, 9.17) is 4.74 Å². The molecule has 21 heavy (non-hydrogen) atoms. The van der Waals surface area contributed by atoms with Gasteiger partial charge in [0.15, 0.2) is 12.4 Å². The number of carbonyl (C=O) groups excluding carboxylic acids is 3. The normalized spacial score (nSPS) is 14.1. The Hall–Kier alpha value is -2.17. The first-order valence-electron chi connectivity index (χ1n) is 6.90. The predicted molar refractivity (Wildman–Crippen MR) is 78.1 cm³/mol. The molecule has 1 heterocycles. The average Bonchev–Trinajstić information content (AvgIpc) is 2.42. The van der Waals surface area contributed by atoms with E-state index in [1.165, 1.54) is 0 Å². The van der Waals surface area contributed by atoms with Gasteiger partial charge in [-0.15, -0.1) is 0 Å². The summed E-state index contributed by atoms with van der Waals surface area (Å²) in [6, 6.07) is 4.99. The van der Waals surface area contributed by atoms with E-state index in [1.54, 1.807) is 39.0 Å². The molecule has 0 radical (unpaired) electrons. The summed E-state index contributed by atoms with van der Waals surface area (Å²) in [7, 11) is 0.